The van der Waals surface area contributed by atoms with Crippen molar-refractivity contribution in [3.05, 3.63) is 29.8 Å². The van der Waals surface area contributed by atoms with Crippen LogP contribution in [-0.4, -0.2) is 34.7 Å². The molecule has 17 heavy (non-hydrogen) atoms. The molecule has 6 nitrogen and oxygen atoms in total. The van der Waals surface area contributed by atoms with Gasteiger partial charge in [-0.05, 0) is 18.2 Å². The second-order valence-electron chi connectivity index (χ2n) is 3.52. The summed E-state index contributed by atoms with van der Waals surface area (Å²) in [7, 11) is 0. The molecule has 0 aliphatic rings. The van der Waals surface area contributed by atoms with E-state index in [0.717, 1.165) is 0 Å². The summed E-state index contributed by atoms with van der Waals surface area (Å²) >= 11 is 0. The lowest BCUT2D eigenvalue weighted by Crippen LogP contribution is -2.30. The van der Waals surface area contributed by atoms with Crippen LogP contribution in [0, 0.1) is 0 Å². The van der Waals surface area contributed by atoms with Gasteiger partial charge in [-0.25, -0.2) is 4.79 Å². The van der Waals surface area contributed by atoms with Crippen LogP contribution in [0.3, 0.4) is 0 Å². The maximum absolute atomic E-state index is 11.6. The van der Waals surface area contributed by atoms with Crippen molar-refractivity contribution in [2.75, 3.05) is 12.3 Å². The van der Waals surface area contributed by atoms with Gasteiger partial charge in [0.05, 0.1) is 0 Å². The molecule has 0 aliphatic carbocycles. The molecule has 0 aliphatic heterocycles. The first-order valence-corrected chi connectivity index (χ1v) is 5.05. The lowest BCUT2D eigenvalue weighted by atomic mass is 10.2. The van der Waals surface area contributed by atoms with Crippen LogP contribution < -0.4 is 11.1 Å². The average molecular weight is 238 g/mol. The Kier molecular flexibility index (Phi) is 4.47. The van der Waals surface area contributed by atoms with Crippen molar-refractivity contribution >= 4 is 17.6 Å². The first-order chi connectivity index (χ1) is 8.00. The first kappa shape index (κ1) is 13.0. The average Bonchev–Trinajstić information content (AvgIpc) is 2.28. The first-order valence-electron chi connectivity index (χ1n) is 5.05. The van der Waals surface area contributed by atoms with Gasteiger partial charge in [0, 0.05) is 24.2 Å². The Morgan fingerprint density at radius 1 is 1.41 bits per heavy atom. The maximum Gasteiger partial charge on any atom is 0.332 e. The number of nitrogen functional groups attached to an aromatic ring is 1. The number of carbonyl (C=O) groups is 2. The van der Waals surface area contributed by atoms with Gasteiger partial charge in [0.1, 0.15) is 0 Å². The monoisotopic (exact) mass is 238 g/mol. The highest BCUT2D eigenvalue weighted by Crippen LogP contribution is 2.06. The maximum atomic E-state index is 11.6. The molecule has 92 valence electrons. The summed E-state index contributed by atoms with van der Waals surface area (Å²) in [5.74, 6) is -1.65. The number of carboxylic acids is 1. The Bertz CT molecular complexity index is 420. The van der Waals surface area contributed by atoms with E-state index in [1.54, 1.807) is 18.2 Å². The zero-order valence-corrected chi connectivity index (χ0v) is 9.09. The Balaban J connectivity index is 2.43. The standard InChI is InChI=1S/C11H14N2O4/c12-8-3-1-2-7(6-8)10(15)13-5-4-9(14)11(16)17/h1-3,6,9,14H,4-5,12H2,(H,13,15)(H,16,17)/t9-/m0/s1. The van der Waals surface area contributed by atoms with Crippen molar-refractivity contribution in [1.82, 2.24) is 5.32 Å². The SMILES string of the molecule is Nc1cccc(C(=O)NCC[C@H](O)C(=O)O)c1. The van der Waals surface area contributed by atoms with Crippen LogP contribution >= 0.6 is 0 Å². The number of carbonyl (C=O) groups excluding carboxylic acids is 1. The summed E-state index contributed by atoms with van der Waals surface area (Å²) in [6.07, 6.45) is -1.50. The van der Waals surface area contributed by atoms with E-state index in [4.69, 9.17) is 15.9 Å². The predicted octanol–water partition coefficient (Wildman–Crippen LogP) is -0.166. The lowest BCUT2D eigenvalue weighted by molar-refractivity contribution is -0.146. The van der Waals surface area contributed by atoms with Crippen molar-refractivity contribution in [3.63, 3.8) is 0 Å². The van der Waals surface area contributed by atoms with E-state index >= 15 is 0 Å². The fraction of sp³-hybridized carbons (Fsp3) is 0.273. The predicted molar refractivity (Wildman–Crippen MR) is 61.4 cm³/mol. The molecule has 0 saturated carbocycles. The van der Waals surface area contributed by atoms with Gasteiger partial charge in [0.15, 0.2) is 6.10 Å². The third kappa shape index (κ3) is 4.12. The zero-order valence-electron chi connectivity index (χ0n) is 9.09. The van der Waals surface area contributed by atoms with Crippen LogP contribution in [0.15, 0.2) is 24.3 Å². The Morgan fingerprint density at radius 2 is 2.12 bits per heavy atom. The largest absolute Gasteiger partial charge is 0.479 e. The molecule has 0 fully saturated rings. The van der Waals surface area contributed by atoms with Crippen LogP contribution in [0.5, 0.6) is 0 Å². The van der Waals surface area contributed by atoms with Gasteiger partial charge in [-0.1, -0.05) is 6.07 Å². The molecule has 5 N–H and O–H groups in total. The van der Waals surface area contributed by atoms with Crippen molar-refractivity contribution in [3.8, 4) is 0 Å². The molecular formula is C11H14N2O4. The summed E-state index contributed by atoms with van der Waals surface area (Å²) in [5.41, 5.74) is 6.39. The molecule has 1 amide bonds. The number of anilines is 1. The lowest BCUT2D eigenvalue weighted by Gasteiger charge is -2.07. The van der Waals surface area contributed by atoms with E-state index < -0.39 is 12.1 Å². The van der Waals surface area contributed by atoms with E-state index in [1.807, 2.05) is 0 Å². The Hall–Kier alpha value is -2.08. The van der Waals surface area contributed by atoms with E-state index in [0.29, 0.717) is 11.3 Å². The normalized spacial score (nSPS) is 11.8. The zero-order chi connectivity index (χ0) is 12.8. The van der Waals surface area contributed by atoms with Gasteiger partial charge in [0.2, 0.25) is 0 Å². The molecular weight excluding hydrogens is 224 g/mol. The molecule has 0 radical (unpaired) electrons. The smallest absolute Gasteiger partial charge is 0.332 e. The molecule has 0 heterocycles. The summed E-state index contributed by atoms with van der Waals surface area (Å²) in [4.78, 5) is 21.9. The molecule has 6 heteroatoms. The van der Waals surface area contributed by atoms with E-state index in [-0.39, 0.29) is 18.9 Å². The Morgan fingerprint density at radius 3 is 2.71 bits per heavy atom. The van der Waals surface area contributed by atoms with Gasteiger partial charge in [-0.3, -0.25) is 4.79 Å². The van der Waals surface area contributed by atoms with Crippen LogP contribution in [0.25, 0.3) is 0 Å². The second-order valence-corrected chi connectivity index (χ2v) is 3.52. The number of aliphatic hydroxyl groups is 1. The summed E-state index contributed by atoms with van der Waals surface area (Å²) in [6, 6.07) is 6.42. The number of hydrogen-bond donors (Lipinski definition) is 4. The fourth-order valence-corrected chi connectivity index (χ4v) is 1.23. The molecule has 0 bridgehead atoms. The fourth-order valence-electron chi connectivity index (χ4n) is 1.23. The highest BCUT2D eigenvalue weighted by atomic mass is 16.4. The molecule has 0 saturated heterocycles. The number of amides is 1. The number of aliphatic hydroxyl groups excluding tert-OH is 1. The molecule has 0 spiro atoms. The molecule has 0 unspecified atom stereocenters. The summed E-state index contributed by atoms with van der Waals surface area (Å²) in [5, 5.41) is 19.9. The second kappa shape index (κ2) is 5.86. The van der Waals surface area contributed by atoms with Gasteiger partial charge >= 0.3 is 5.97 Å². The minimum atomic E-state index is -1.46. The number of hydrogen-bond acceptors (Lipinski definition) is 4. The molecule has 0 aromatic heterocycles. The molecule has 1 rings (SSSR count). The number of benzene rings is 1. The summed E-state index contributed by atoms with van der Waals surface area (Å²) < 4.78 is 0. The highest BCUT2D eigenvalue weighted by Gasteiger charge is 2.13. The van der Waals surface area contributed by atoms with Crippen molar-refractivity contribution in [1.29, 1.82) is 0 Å². The van der Waals surface area contributed by atoms with Gasteiger partial charge in [-0.2, -0.15) is 0 Å². The third-order valence-electron chi connectivity index (χ3n) is 2.14. The van der Waals surface area contributed by atoms with E-state index in [2.05, 4.69) is 5.32 Å². The van der Waals surface area contributed by atoms with Crippen molar-refractivity contribution in [2.24, 2.45) is 0 Å². The van der Waals surface area contributed by atoms with Crippen molar-refractivity contribution < 1.29 is 19.8 Å². The number of aliphatic carboxylic acids is 1. The van der Waals surface area contributed by atoms with Gasteiger partial charge in [0.25, 0.3) is 5.91 Å². The minimum Gasteiger partial charge on any atom is -0.479 e. The molecule has 1 atom stereocenters. The summed E-state index contributed by atoms with van der Waals surface area (Å²) in [6.45, 7) is 0.0844. The third-order valence-corrected chi connectivity index (χ3v) is 2.14. The topological polar surface area (TPSA) is 113 Å². The van der Waals surface area contributed by atoms with Gasteiger partial charge in [-0.15, -0.1) is 0 Å². The van der Waals surface area contributed by atoms with Crippen LogP contribution in [0.4, 0.5) is 5.69 Å². The van der Waals surface area contributed by atoms with Gasteiger partial charge < -0.3 is 21.3 Å². The van der Waals surface area contributed by atoms with Crippen LogP contribution in [-0.2, 0) is 4.79 Å². The van der Waals surface area contributed by atoms with E-state index in [1.165, 1.54) is 6.07 Å². The number of nitrogens with one attached hydrogen (secondary N) is 1. The number of nitrogens with two attached hydrogens (primary N) is 1. The van der Waals surface area contributed by atoms with Crippen LogP contribution in [0.1, 0.15) is 16.8 Å². The number of rotatable bonds is 5. The molecule has 1 aromatic carbocycles. The quantitative estimate of drug-likeness (QED) is 0.532. The Labute approximate surface area is 98.1 Å². The highest BCUT2D eigenvalue weighted by molar-refractivity contribution is 5.94. The number of carboxylic acid groups (broad SMARTS) is 1. The minimum absolute atomic E-state index is 0.0383. The molecule has 1 aromatic rings. The van der Waals surface area contributed by atoms with Crippen molar-refractivity contribution in [2.45, 2.75) is 12.5 Å². The van der Waals surface area contributed by atoms with Crippen LogP contribution in [0.2, 0.25) is 0 Å². The van der Waals surface area contributed by atoms with E-state index in [9.17, 15) is 9.59 Å².